The number of benzene rings is 2. The standard InChI is InChI=1S/C25H31BNO8/c27-20-26(34-23-6-1-2-7-24(23)35-26)25-21-4-3-5-22(25)19-33-17-15-31-13-11-29-9-8-28-10-12-30-14-16-32-18-21/h1-7H,8-19H2/q-1. The van der Waals surface area contributed by atoms with Crippen LogP contribution in [-0.2, 0) is 41.6 Å². The Labute approximate surface area is 205 Å². The van der Waals surface area contributed by atoms with E-state index in [0.29, 0.717) is 83.0 Å². The van der Waals surface area contributed by atoms with Crippen molar-refractivity contribution in [2.75, 3.05) is 66.1 Å². The first kappa shape index (κ1) is 25.4. The number of rotatable bonds is 1. The van der Waals surface area contributed by atoms with Crippen LogP contribution in [0.25, 0.3) is 0 Å². The van der Waals surface area contributed by atoms with Crippen LogP contribution in [0, 0.1) is 11.2 Å². The Morgan fingerprint density at radius 2 is 0.943 bits per heavy atom. The van der Waals surface area contributed by atoms with E-state index in [0.717, 1.165) is 11.1 Å². The monoisotopic (exact) mass is 484 g/mol. The molecule has 0 amide bonds. The van der Waals surface area contributed by atoms with Gasteiger partial charge in [-0.3, -0.25) is 0 Å². The summed E-state index contributed by atoms with van der Waals surface area (Å²) in [5.41, 5.74) is 2.27. The minimum absolute atomic E-state index is 0.276. The van der Waals surface area contributed by atoms with Crippen molar-refractivity contribution < 1.29 is 37.7 Å². The Kier molecular flexibility index (Phi) is 9.78. The van der Waals surface area contributed by atoms with Crippen LogP contribution in [0.2, 0.25) is 0 Å². The highest BCUT2D eigenvalue weighted by atomic mass is 16.6. The van der Waals surface area contributed by atoms with Gasteiger partial charge in [-0.15, -0.1) is 0 Å². The summed E-state index contributed by atoms with van der Waals surface area (Å²) in [7, 11) is 0. The number of para-hydroxylation sites is 2. The van der Waals surface area contributed by atoms with Crippen molar-refractivity contribution in [2.45, 2.75) is 13.2 Å². The number of hydrogen-bond acceptors (Lipinski definition) is 9. The van der Waals surface area contributed by atoms with Gasteiger partial charge in [0, 0.05) is 0 Å². The van der Waals surface area contributed by atoms with E-state index in [1.807, 2.05) is 30.3 Å². The van der Waals surface area contributed by atoms with Crippen molar-refractivity contribution in [3.05, 3.63) is 53.6 Å². The molecule has 0 fully saturated rings. The lowest BCUT2D eigenvalue weighted by Crippen LogP contribution is -2.58. The zero-order valence-corrected chi connectivity index (χ0v) is 19.8. The molecule has 2 bridgehead atoms. The molecule has 0 radical (unpaired) electrons. The molecule has 188 valence electrons. The van der Waals surface area contributed by atoms with E-state index in [1.165, 1.54) is 0 Å². The summed E-state index contributed by atoms with van der Waals surface area (Å²) >= 11 is 0. The van der Waals surface area contributed by atoms with E-state index in [4.69, 9.17) is 37.7 Å². The minimum Gasteiger partial charge on any atom is -0.666 e. The van der Waals surface area contributed by atoms with E-state index in [-0.39, 0.29) is 13.2 Å². The SMILES string of the molecule is N#C[B-]1(c2c3cccc2COCCOCCOCCOCCOCCOC3)Oc2ccccc2O1. The summed E-state index contributed by atoms with van der Waals surface area (Å²) in [4.78, 5) is 0. The molecule has 0 saturated carbocycles. The average molecular weight is 484 g/mol. The van der Waals surface area contributed by atoms with E-state index >= 15 is 0 Å². The lowest BCUT2D eigenvalue weighted by atomic mass is 9.50. The number of fused-ring (bicyclic) bond motifs is 3. The minimum atomic E-state index is -2.47. The zero-order chi connectivity index (χ0) is 24.2. The quantitative estimate of drug-likeness (QED) is 0.563. The molecule has 10 heteroatoms. The molecule has 2 heterocycles. The van der Waals surface area contributed by atoms with Gasteiger partial charge in [-0.2, -0.15) is 0 Å². The number of hydrogen-bond donors (Lipinski definition) is 0. The van der Waals surface area contributed by atoms with Gasteiger partial charge in [0.05, 0.1) is 79.3 Å². The van der Waals surface area contributed by atoms with E-state index in [9.17, 15) is 5.26 Å². The second-order valence-electron chi connectivity index (χ2n) is 8.07. The first-order valence-electron chi connectivity index (χ1n) is 11.9. The Morgan fingerprint density at radius 1 is 0.543 bits per heavy atom. The Balaban J connectivity index is 1.51. The van der Waals surface area contributed by atoms with E-state index in [1.54, 1.807) is 12.1 Å². The normalized spacial score (nSPS) is 20.3. The van der Waals surface area contributed by atoms with Crippen LogP contribution in [0.1, 0.15) is 11.1 Å². The van der Waals surface area contributed by atoms with E-state index < -0.39 is 6.55 Å². The first-order chi connectivity index (χ1) is 17.3. The number of ether oxygens (including phenoxy) is 6. The highest BCUT2D eigenvalue weighted by Gasteiger charge is 2.42. The third-order valence-corrected chi connectivity index (χ3v) is 5.65. The van der Waals surface area contributed by atoms with Crippen LogP contribution in [-0.4, -0.2) is 72.6 Å². The van der Waals surface area contributed by atoms with E-state index in [2.05, 4.69) is 5.97 Å². The fourth-order valence-electron chi connectivity index (χ4n) is 4.03. The molecule has 0 spiro atoms. The molecule has 0 N–H and O–H groups in total. The lowest BCUT2D eigenvalue weighted by molar-refractivity contribution is -0.0181. The van der Waals surface area contributed by atoms with Crippen molar-refractivity contribution in [1.82, 2.24) is 0 Å². The summed E-state index contributed by atoms with van der Waals surface area (Å²) < 4.78 is 46.2. The molecule has 2 aliphatic rings. The Bertz CT molecular complexity index is 919. The maximum absolute atomic E-state index is 10.3. The molecule has 2 aromatic rings. The zero-order valence-electron chi connectivity index (χ0n) is 19.8. The predicted molar refractivity (Wildman–Crippen MR) is 128 cm³/mol. The Hall–Kier alpha value is -2.65. The van der Waals surface area contributed by atoms with Gasteiger partial charge < -0.3 is 37.7 Å². The van der Waals surface area contributed by atoms with Gasteiger partial charge in [-0.25, -0.2) is 5.26 Å². The third kappa shape index (κ3) is 6.95. The topological polar surface area (TPSA) is 97.6 Å². The smallest absolute Gasteiger partial charge is 0.478 e. The molecule has 0 unspecified atom stereocenters. The highest BCUT2D eigenvalue weighted by Crippen LogP contribution is 2.37. The van der Waals surface area contributed by atoms with Crippen LogP contribution in [0.3, 0.4) is 0 Å². The fraction of sp³-hybridized carbons (Fsp3) is 0.480. The second kappa shape index (κ2) is 13.4. The predicted octanol–water partition coefficient (Wildman–Crippen LogP) is 1.98. The lowest BCUT2D eigenvalue weighted by Gasteiger charge is -2.33. The molecule has 0 atom stereocenters. The maximum Gasteiger partial charge on any atom is 0.478 e. The van der Waals surface area contributed by atoms with Crippen molar-refractivity contribution in [3.8, 4) is 17.5 Å². The van der Waals surface area contributed by atoms with Gasteiger partial charge in [0.15, 0.2) is 0 Å². The Morgan fingerprint density at radius 3 is 1.34 bits per heavy atom. The molecule has 35 heavy (non-hydrogen) atoms. The van der Waals surface area contributed by atoms with Crippen LogP contribution >= 0.6 is 0 Å². The largest absolute Gasteiger partial charge is 0.666 e. The molecule has 9 nitrogen and oxygen atoms in total. The first-order valence-corrected chi connectivity index (χ1v) is 11.9. The average Bonchev–Trinajstić information content (AvgIpc) is 3.27. The summed E-state index contributed by atoms with van der Waals surface area (Å²) in [6.07, 6.45) is 0. The van der Waals surface area contributed by atoms with Gasteiger partial charge in [-0.1, -0.05) is 35.8 Å². The molecule has 0 aromatic heterocycles. The summed E-state index contributed by atoms with van der Waals surface area (Å²) in [5, 5.41) is 10.3. The molecule has 0 aliphatic carbocycles. The van der Waals surface area contributed by atoms with Gasteiger partial charge >= 0.3 is 6.55 Å². The van der Waals surface area contributed by atoms with Crippen molar-refractivity contribution >= 4 is 12.0 Å². The maximum atomic E-state index is 10.3. The van der Waals surface area contributed by atoms with Crippen molar-refractivity contribution in [2.24, 2.45) is 0 Å². The van der Waals surface area contributed by atoms with Crippen LogP contribution in [0.4, 0.5) is 0 Å². The van der Waals surface area contributed by atoms with Crippen molar-refractivity contribution in [1.29, 1.82) is 5.26 Å². The molecule has 2 aliphatic heterocycles. The number of nitrogens with zero attached hydrogens (tertiary/aromatic N) is 1. The molecule has 2 aromatic carbocycles. The third-order valence-electron chi connectivity index (χ3n) is 5.65. The van der Waals surface area contributed by atoms with Crippen LogP contribution < -0.4 is 14.8 Å². The van der Waals surface area contributed by atoms with Crippen molar-refractivity contribution in [3.63, 3.8) is 0 Å². The molecule has 4 rings (SSSR count). The molecule has 0 saturated heterocycles. The van der Waals surface area contributed by atoms with Crippen LogP contribution in [0.15, 0.2) is 42.5 Å². The van der Waals surface area contributed by atoms with Gasteiger partial charge in [0.2, 0.25) is 0 Å². The summed E-state index contributed by atoms with van der Waals surface area (Å²) in [6.45, 7) is 2.70. The second-order valence-corrected chi connectivity index (χ2v) is 8.07. The summed E-state index contributed by atoms with van der Waals surface area (Å²) in [5.74, 6) is 3.39. The van der Waals surface area contributed by atoms with Crippen LogP contribution in [0.5, 0.6) is 11.5 Å². The molecular weight excluding hydrogens is 453 g/mol. The fourth-order valence-corrected chi connectivity index (χ4v) is 4.03. The van der Waals surface area contributed by atoms with Gasteiger partial charge in [0.25, 0.3) is 0 Å². The highest BCUT2D eigenvalue weighted by molar-refractivity contribution is 6.90. The molecular formula is C25H31BNO8-. The number of nitriles is 1. The van der Waals surface area contributed by atoms with Gasteiger partial charge in [-0.05, 0) is 29.2 Å². The van der Waals surface area contributed by atoms with Gasteiger partial charge in [0.1, 0.15) is 11.5 Å². The summed E-state index contributed by atoms with van der Waals surface area (Å²) in [6, 6.07) is 13.0.